The molecule has 0 aromatic heterocycles. The summed E-state index contributed by atoms with van der Waals surface area (Å²) < 4.78 is 3.19. The molecule has 11 heavy (non-hydrogen) atoms. The van der Waals surface area contributed by atoms with Crippen LogP contribution in [0.2, 0.25) is 0 Å². The zero-order valence-corrected chi connectivity index (χ0v) is 11.3. The Morgan fingerprint density at radius 3 is 2.09 bits per heavy atom. The number of hydrogen-bond acceptors (Lipinski definition) is 6. The maximum Gasteiger partial charge on any atom is 1.00 e. The summed E-state index contributed by atoms with van der Waals surface area (Å²) in [6, 6.07) is 0. The Kier molecular flexibility index (Phi) is 11.4. The molecule has 1 amide bonds. The number of rotatable bonds is 2. The number of alkyl carbamates (subject to hydrolysis) is 1. The third-order valence-corrected chi connectivity index (χ3v) is 0.928. The Morgan fingerprint density at radius 1 is 1.36 bits per heavy atom. The average Bonchev–Trinajstić information content (AvgIpc) is 1.58. The van der Waals surface area contributed by atoms with Crippen molar-refractivity contribution in [3.63, 3.8) is 0 Å². The standard InChI is InChI=1S/C3H7NO2S4.Na.H/c5-1(4-2(7)8)6-3(9)10;;/h2-3,7-10H,(H,4,5);;/q;+1;-1. The maximum atomic E-state index is 10.5. The van der Waals surface area contributed by atoms with Crippen LogP contribution in [0.5, 0.6) is 0 Å². The second-order valence-corrected chi connectivity index (χ2v) is 4.04. The number of amides is 1. The minimum absolute atomic E-state index is 0. The predicted octanol–water partition coefficient (Wildman–Crippen LogP) is -1.88. The molecule has 0 unspecified atom stereocenters. The first-order valence-electron chi connectivity index (χ1n) is 2.22. The second kappa shape index (κ2) is 8.28. The molecule has 62 valence electrons. The van der Waals surface area contributed by atoms with Gasteiger partial charge in [-0.2, -0.15) is 0 Å². The predicted molar refractivity (Wildman–Crippen MR) is 54.2 cm³/mol. The Bertz CT molecular complexity index is 115. The van der Waals surface area contributed by atoms with E-state index >= 15 is 0 Å². The zero-order chi connectivity index (χ0) is 8.15. The quantitative estimate of drug-likeness (QED) is 0.223. The van der Waals surface area contributed by atoms with Crippen LogP contribution in [0, 0.1) is 0 Å². The van der Waals surface area contributed by atoms with Gasteiger partial charge in [-0.15, -0.1) is 50.5 Å². The first kappa shape index (κ1) is 15.2. The van der Waals surface area contributed by atoms with E-state index in [1.54, 1.807) is 0 Å². The molecule has 0 radical (unpaired) electrons. The summed E-state index contributed by atoms with van der Waals surface area (Å²) in [4.78, 5) is 10.5. The number of nitrogens with one attached hydrogen (secondary N) is 1. The van der Waals surface area contributed by atoms with Crippen molar-refractivity contribution in [2.24, 2.45) is 0 Å². The van der Waals surface area contributed by atoms with Crippen molar-refractivity contribution >= 4 is 56.6 Å². The SMILES string of the molecule is O=C(NC(S)S)OC(S)S.[H-].[Na+]. The fourth-order valence-electron chi connectivity index (χ4n) is 0.235. The van der Waals surface area contributed by atoms with Crippen LogP contribution < -0.4 is 34.9 Å². The van der Waals surface area contributed by atoms with Gasteiger partial charge < -0.3 is 11.5 Å². The summed E-state index contributed by atoms with van der Waals surface area (Å²) in [6.45, 7) is 0. The maximum absolute atomic E-state index is 10.5. The molecule has 0 fully saturated rings. The summed E-state index contributed by atoms with van der Waals surface area (Å²) in [6.07, 6.45) is -0.648. The van der Waals surface area contributed by atoms with E-state index in [-0.39, 0.29) is 31.0 Å². The third kappa shape index (κ3) is 11.7. The summed E-state index contributed by atoms with van der Waals surface area (Å²) in [5.41, 5.74) is 0. The van der Waals surface area contributed by atoms with Crippen molar-refractivity contribution in [1.29, 1.82) is 0 Å². The number of ether oxygens (including phenoxy) is 1. The molecule has 1 N–H and O–H groups in total. The van der Waals surface area contributed by atoms with E-state index in [9.17, 15) is 4.79 Å². The van der Waals surface area contributed by atoms with Crippen molar-refractivity contribution in [2.75, 3.05) is 0 Å². The van der Waals surface area contributed by atoms with E-state index in [1.165, 1.54) is 0 Å². The van der Waals surface area contributed by atoms with E-state index in [0.29, 0.717) is 0 Å². The molecule has 0 spiro atoms. The van der Waals surface area contributed by atoms with E-state index in [1.807, 2.05) is 0 Å². The van der Waals surface area contributed by atoms with E-state index in [0.717, 1.165) is 0 Å². The molecular weight excluding hydrogens is 233 g/mol. The van der Waals surface area contributed by atoms with Crippen LogP contribution in [-0.4, -0.2) is 15.6 Å². The van der Waals surface area contributed by atoms with Gasteiger partial charge in [-0.05, 0) is 0 Å². The van der Waals surface area contributed by atoms with Crippen molar-refractivity contribution < 1.29 is 40.5 Å². The Balaban J connectivity index is -0.000000405. The van der Waals surface area contributed by atoms with Gasteiger partial charge in [0.05, 0.1) is 0 Å². The minimum Gasteiger partial charge on any atom is -1.00 e. The fraction of sp³-hybridized carbons (Fsp3) is 0.667. The number of carbonyl (C=O) groups excluding carboxylic acids is 1. The average molecular weight is 241 g/mol. The zero-order valence-electron chi connectivity index (χ0n) is 6.76. The normalized spacial score (nSPS) is 9.27. The van der Waals surface area contributed by atoms with Gasteiger partial charge in [-0.3, -0.25) is 0 Å². The molecular formula is C3H8NNaO2S4. The summed E-state index contributed by atoms with van der Waals surface area (Å²) in [5.74, 6) is 0. The van der Waals surface area contributed by atoms with Crippen molar-refractivity contribution in [3.8, 4) is 0 Å². The molecule has 0 aliphatic rings. The van der Waals surface area contributed by atoms with Gasteiger partial charge in [-0.1, -0.05) is 0 Å². The molecule has 0 aromatic rings. The van der Waals surface area contributed by atoms with Crippen molar-refractivity contribution in [3.05, 3.63) is 0 Å². The smallest absolute Gasteiger partial charge is 1.00 e. The van der Waals surface area contributed by atoms with Gasteiger partial charge in [0.15, 0.2) is 4.77 Å². The third-order valence-electron chi connectivity index (χ3n) is 0.459. The van der Waals surface area contributed by atoms with Gasteiger partial charge in [0.1, 0.15) is 4.71 Å². The van der Waals surface area contributed by atoms with Crippen molar-refractivity contribution in [2.45, 2.75) is 9.47 Å². The van der Waals surface area contributed by atoms with Gasteiger partial charge in [-0.25, -0.2) is 4.79 Å². The van der Waals surface area contributed by atoms with Gasteiger partial charge >= 0.3 is 35.7 Å². The van der Waals surface area contributed by atoms with E-state index in [2.05, 4.69) is 60.6 Å². The molecule has 0 rings (SSSR count). The summed E-state index contributed by atoms with van der Waals surface area (Å²) in [5, 5.41) is 2.24. The molecule has 0 heterocycles. The minimum atomic E-state index is -0.722. The topological polar surface area (TPSA) is 38.3 Å². The van der Waals surface area contributed by atoms with Crippen LogP contribution in [0.25, 0.3) is 0 Å². The first-order valence-corrected chi connectivity index (χ1v) is 4.28. The molecule has 0 atom stereocenters. The van der Waals surface area contributed by atoms with Crippen LogP contribution in [0.3, 0.4) is 0 Å². The van der Waals surface area contributed by atoms with E-state index in [4.69, 9.17) is 0 Å². The van der Waals surface area contributed by atoms with Gasteiger partial charge in [0, 0.05) is 0 Å². The number of hydrogen-bond donors (Lipinski definition) is 5. The van der Waals surface area contributed by atoms with Gasteiger partial charge in [0.25, 0.3) is 0 Å². The first-order chi connectivity index (χ1) is 4.52. The summed E-state index contributed by atoms with van der Waals surface area (Å²) >= 11 is 14.9. The number of carbonyl (C=O) groups is 1. The fourth-order valence-corrected chi connectivity index (χ4v) is 0.637. The van der Waals surface area contributed by atoms with Crippen molar-refractivity contribution in [1.82, 2.24) is 5.32 Å². The molecule has 3 nitrogen and oxygen atoms in total. The van der Waals surface area contributed by atoms with Crippen LogP contribution >= 0.6 is 50.5 Å². The molecule has 0 aliphatic heterocycles. The monoisotopic (exact) mass is 241 g/mol. The Morgan fingerprint density at radius 2 is 1.82 bits per heavy atom. The molecule has 0 saturated heterocycles. The second-order valence-electron chi connectivity index (χ2n) is 1.25. The molecule has 0 saturated carbocycles. The Hall–Kier alpha value is 1.67. The van der Waals surface area contributed by atoms with Crippen LogP contribution in [0.15, 0.2) is 0 Å². The van der Waals surface area contributed by atoms with Crippen LogP contribution in [0.4, 0.5) is 4.79 Å². The largest absolute Gasteiger partial charge is 1.00 e. The number of thiol groups is 4. The van der Waals surface area contributed by atoms with Crippen LogP contribution in [0.1, 0.15) is 1.43 Å². The Labute approximate surface area is 111 Å². The molecule has 0 aliphatic carbocycles. The molecule has 0 aromatic carbocycles. The van der Waals surface area contributed by atoms with Crippen LogP contribution in [-0.2, 0) is 4.74 Å². The van der Waals surface area contributed by atoms with Gasteiger partial charge in [0.2, 0.25) is 0 Å². The molecule has 0 bridgehead atoms. The molecule has 8 heteroatoms. The van der Waals surface area contributed by atoms with E-state index < -0.39 is 15.6 Å². The summed E-state index contributed by atoms with van der Waals surface area (Å²) in [7, 11) is 0.